The Labute approximate surface area is 85.3 Å². The highest BCUT2D eigenvalue weighted by Gasteiger charge is 2.13. The standard InChI is InChI=1S/C12H17NO/c1-9(2)12(14)10(3)13-11-7-5-4-6-8-11/h4-8,10,12-14H,1H2,2-3H3. The maximum absolute atomic E-state index is 9.69. The van der Waals surface area contributed by atoms with Crippen molar-refractivity contribution in [2.75, 3.05) is 5.32 Å². The molecule has 1 aromatic carbocycles. The van der Waals surface area contributed by atoms with Gasteiger partial charge in [-0.05, 0) is 26.0 Å². The van der Waals surface area contributed by atoms with Gasteiger partial charge >= 0.3 is 0 Å². The zero-order valence-corrected chi connectivity index (χ0v) is 8.70. The van der Waals surface area contributed by atoms with Gasteiger partial charge in [-0.15, -0.1) is 0 Å². The summed E-state index contributed by atoms with van der Waals surface area (Å²) in [5, 5.41) is 12.9. The summed E-state index contributed by atoms with van der Waals surface area (Å²) in [5.41, 5.74) is 1.79. The Hall–Kier alpha value is -1.28. The molecule has 0 aliphatic heterocycles. The van der Waals surface area contributed by atoms with Gasteiger partial charge < -0.3 is 10.4 Å². The number of rotatable bonds is 4. The summed E-state index contributed by atoms with van der Waals surface area (Å²) in [7, 11) is 0. The molecule has 0 heterocycles. The lowest BCUT2D eigenvalue weighted by Crippen LogP contribution is -2.31. The third-order valence-electron chi connectivity index (χ3n) is 2.15. The maximum atomic E-state index is 9.69. The number of hydrogen-bond donors (Lipinski definition) is 2. The number of para-hydroxylation sites is 1. The quantitative estimate of drug-likeness (QED) is 0.716. The van der Waals surface area contributed by atoms with Crippen LogP contribution in [0.5, 0.6) is 0 Å². The normalized spacial score (nSPS) is 14.5. The average molecular weight is 191 g/mol. The zero-order chi connectivity index (χ0) is 10.6. The molecule has 0 aliphatic rings. The van der Waals surface area contributed by atoms with E-state index in [9.17, 15) is 5.11 Å². The molecule has 76 valence electrons. The fraction of sp³-hybridized carbons (Fsp3) is 0.333. The number of aliphatic hydroxyl groups is 1. The monoisotopic (exact) mass is 191 g/mol. The van der Waals surface area contributed by atoms with Crippen LogP contribution in [0.3, 0.4) is 0 Å². The van der Waals surface area contributed by atoms with E-state index in [-0.39, 0.29) is 6.04 Å². The first kappa shape index (κ1) is 10.8. The van der Waals surface area contributed by atoms with E-state index >= 15 is 0 Å². The summed E-state index contributed by atoms with van der Waals surface area (Å²) >= 11 is 0. The molecule has 0 bridgehead atoms. The summed E-state index contributed by atoms with van der Waals surface area (Å²) in [6.45, 7) is 7.49. The minimum Gasteiger partial charge on any atom is -0.387 e. The number of nitrogens with one attached hydrogen (secondary N) is 1. The molecule has 0 fully saturated rings. The molecule has 2 nitrogen and oxygen atoms in total. The smallest absolute Gasteiger partial charge is 0.0943 e. The first-order valence-corrected chi connectivity index (χ1v) is 4.76. The van der Waals surface area contributed by atoms with Crippen LogP contribution < -0.4 is 5.32 Å². The van der Waals surface area contributed by atoms with E-state index in [0.717, 1.165) is 11.3 Å². The molecular formula is C12H17NO. The summed E-state index contributed by atoms with van der Waals surface area (Å²) < 4.78 is 0. The Morgan fingerprint density at radius 2 is 1.93 bits per heavy atom. The van der Waals surface area contributed by atoms with Crippen LogP contribution in [-0.4, -0.2) is 17.3 Å². The van der Waals surface area contributed by atoms with Crippen molar-refractivity contribution in [1.82, 2.24) is 0 Å². The minimum atomic E-state index is -0.504. The molecule has 0 saturated heterocycles. The first-order valence-electron chi connectivity index (χ1n) is 4.76. The second-order valence-corrected chi connectivity index (χ2v) is 3.59. The molecule has 1 rings (SSSR count). The van der Waals surface area contributed by atoms with Crippen molar-refractivity contribution in [3.05, 3.63) is 42.5 Å². The van der Waals surface area contributed by atoms with Gasteiger partial charge in [-0.3, -0.25) is 0 Å². The van der Waals surface area contributed by atoms with Gasteiger partial charge in [-0.1, -0.05) is 30.4 Å². The molecule has 0 spiro atoms. The zero-order valence-electron chi connectivity index (χ0n) is 8.70. The lowest BCUT2D eigenvalue weighted by atomic mass is 10.1. The van der Waals surface area contributed by atoms with Crippen molar-refractivity contribution in [2.45, 2.75) is 26.0 Å². The average Bonchev–Trinajstić information content (AvgIpc) is 2.18. The second kappa shape index (κ2) is 4.82. The molecule has 0 amide bonds. The first-order chi connectivity index (χ1) is 6.61. The molecule has 2 unspecified atom stereocenters. The van der Waals surface area contributed by atoms with Crippen molar-refractivity contribution < 1.29 is 5.11 Å². The van der Waals surface area contributed by atoms with Gasteiger partial charge in [0.05, 0.1) is 12.1 Å². The van der Waals surface area contributed by atoms with E-state index in [1.807, 2.05) is 44.2 Å². The van der Waals surface area contributed by atoms with E-state index in [2.05, 4.69) is 11.9 Å². The van der Waals surface area contributed by atoms with E-state index in [0.29, 0.717) is 0 Å². The van der Waals surface area contributed by atoms with Gasteiger partial charge in [0, 0.05) is 5.69 Å². The van der Waals surface area contributed by atoms with Crippen LogP contribution in [0.25, 0.3) is 0 Å². The lowest BCUT2D eigenvalue weighted by Gasteiger charge is -2.21. The van der Waals surface area contributed by atoms with E-state index in [1.54, 1.807) is 0 Å². The fourth-order valence-electron chi connectivity index (χ4n) is 1.30. The maximum Gasteiger partial charge on any atom is 0.0943 e. The largest absolute Gasteiger partial charge is 0.387 e. The van der Waals surface area contributed by atoms with Gasteiger partial charge in [0.2, 0.25) is 0 Å². The van der Waals surface area contributed by atoms with Gasteiger partial charge in [0.1, 0.15) is 0 Å². The Bertz CT molecular complexity index is 294. The van der Waals surface area contributed by atoms with Crippen molar-refractivity contribution in [3.8, 4) is 0 Å². The molecular weight excluding hydrogens is 174 g/mol. The van der Waals surface area contributed by atoms with Crippen LogP contribution in [0.1, 0.15) is 13.8 Å². The summed E-state index contributed by atoms with van der Waals surface area (Å²) in [6.07, 6.45) is -0.504. The number of anilines is 1. The second-order valence-electron chi connectivity index (χ2n) is 3.59. The van der Waals surface area contributed by atoms with Crippen molar-refractivity contribution in [2.24, 2.45) is 0 Å². The summed E-state index contributed by atoms with van der Waals surface area (Å²) in [4.78, 5) is 0. The molecule has 0 aromatic heterocycles. The highest BCUT2D eigenvalue weighted by molar-refractivity contribution is 5.43. The molecule has 2 N–H and O–H groups in total. The molecule has 2 atom stereocenters. The summed E-state index contributed by atoms with van der Waals surface area (Å²) in [5.74, 6) is 0. The lowest BCUT2D eigenvalue weighted by molar-refractivity contribution is 0.194. The van der Waals surface area contributed by atoms with E-state index in [4.69, 9.17) is 0 Å². The number of benzene rings is 1. The van der Waals surface area contributed by atoms with Gasteiger partial charge in [0.15, 0.2) is 0 Å². The minimum absolute atomic E-state index is 0.0186. The van der Waals surface area contributed by atoms with Crippen molar-refractivity contribution in [3.63, 3.8) is 0 Å². The van der Waals surface area contributed by atoms with Gasteiger partial charge in [-0.25, -0.2) is 0 Å². The van der Waals surface area contributed by atoms with Crippen LogP contribution in [0.15, 0.2) is 42.5 Å². The van der Waals surface area contributed by atoms with Crippen LogP contribution >= 0.6 is 0 Å². The predicted molar refractivity (Wildman–Crippen MR) is 60.3 cm³/mol. The Morgan fingerprint density at radius 1 is 1.36 bits per heavy atom. The Kier molecular flexibility index (Phi) is 3.72. The van der Waals surface area contributed by atoms with Crippen molar-refractivity contribution in [1.29, 1.82) is 0 Å². The van der Waals surface area contributed by atoms with Crippen LogP contribution in [0.4, 0.5) is 5.69 Å². The summed E-state index contributed by atoms with van der Waals surface area (Å²) in [6, 6.07) is 9.81. The van der Waals surface area contributed by atoms with Crippen LogP contribution in [0.2, 0.25) is 0 Å². The van der Waals surface area contributed by atoms with Gasteiger partial charge in [-0.2, -0.15) is 0 Å². The van der Waals surface area contributed by atoms with Crippen molar-refractivity contribution >= 4 is 5.69 Å². The third kappa shape index (κ3) is 2.89. The molecule has 0 saturated carbocycles. The predicted octanol–water partition coefficient (Wildman–Crippen LogP) is 2.42. The fourth-order valence-corrected chi connectivity index (χ4v) is 1.30. The molecule has 14 heavy (non-hydrogen) atoms. The SMILES string of the molecule is C=C(C)C(O)C(C)Nc1ccccc1. The molecule has 1 aromatic rings. The molecule has 0 aliphatic carbocycles. The van der Waals surface area contributed by atoms with E-state index < -0.39 is 6.10 Å². The highest BCUT2D eigenvalue weighted by Crippen LogP contribution is 2.11. The highest BCUT2D eigenvalue weighted by atomic mass is 16.3. The van der Waals surface area contributed by atoms with Crippen LogP contribution in [0, 0.1) is 0 Å². The topological polar surface area (TPSA) is 32.3 Å². The Balaban J connectivity index is 2.57. The molecule has 0 radical (unpaired) electrons. The number of hydrogen-bond acceptors (Lipinski definition) is 2. The van der Waals surface area contributed by atoms with E-state index in [1.165, 1.54) is 0 Å². The van der Waals surface area contributed by atoms with Crippen LogP contribution in [-0.2, 0) is 0 Å². The number of aliphatic hydroxyl groups excluding tert-OH is 1. The third-order valence-corrected chi connectivity index (χ3v) is 2.15. The van der Waals surface area contributed by atoms with Gasteiger partial charge in [0.25, 0.3) is 0 Å². The Morgan fingerprint density at radius 3 is 2.43 bits per heavy atom. The molecule has 2 heteroatoms.